The Labute approximate surface area is 254 Å². The van der Waals surface area contributed by atoms with Crippen molar-refractivity contribution in [2.45, 2.75) is 46.8 Å². The van der Waals surface area contributed by atoms with Gasteiger partial charge in [-0.05, 0) is 52.8 Å². The zero-order valence-corrected chi connectivity index (χ0v) is 25.9. The summed E-state index contributed by atoms with van der Waals surface area (Å²) in [6, 6.07) is 8.93. The van der Waals surface area contributed by atoms with Gasteiger partial charge in [0.1, 0.15) is 20.9 Å². The van der Waals surface area contributed by atoms with Gasteiger partial charge >= 0.3 is 6.09 Å². The Balaban J connectivity index is 1.66. The Kier molecular flexibility index (Phi) is 11.5. The van der Waals surface area contributed by atoms with E-state index in [0.29, 0.717) is 55.3 Å². The number of benzene rings is 1. The maximum Gasteiger partial charge on any atom is 0.410 e. The average Bonchev–Trinajstić information content (AvgIpc) is 3.24. The third-order valence-corrected chi connectivity index (χ3v) is 7.10. The molecule has 13 heteroatoms. The lowest BCUT2D eigenvalue weighted by molar-refractivity contribution is -0.118. The molecule has 3 rings (SSSR count). The Morgan fingerprint density at radius 2 is 1.81 bits per heavy atom. The molecule has 1 aromatic heterocycles. The second-order valence-electron chi connectivity index (χ2n) is 10.6. The molecule has 1 aliphatic heterocycles. The number of likely N-dealkylation sites (N-methyl/N-ethyl adjacent to an activating group) is 1. The fraction of sp³-hybridized carbons (Fsp3) is 0.433. The largest absolute Gasteiger partial charge is 0.444 e. The number of carbonyl (C=O) groups is 3. The quantitative estimate of drug-likeness (QED) is 0.301. The first-order valence-electron chi connectivity index (χ1n) is 13.9. The summed E-state index contributed by atoms with van der Waals surface area (Å²) in [5.74, 6) is -0.728. The zero-order valence-electron chi connectivity index (χ0n) is 25.1. The van der Waals surface area contributed by atoms with E-state index < -0.39 is 11.5 Å². The minimum absolute atomic E-state index is 0.176. The first-order chi connectivity index (χ1) is 20.4. The van der Waals surface area contributed by atoms with Crippen LogP contribution in [0.25, 0.3) is 11.5 Å². The molecule has 2 heterocycles. The highest BCUT2D eigenvalue weighted by Crippen LogP contribution is 2.16. The maximum absolute atomic E-state index is 12.8. The lowest BCUT2D eigenvalue weighted by Gasteiger charge is -2.35. The lowest BCUT2D eigenvalue weighted by atomic mass is 10.2. The highest BCUT2D eigenvalue weighted by atomic mass is 32.1. The van der Waals surface area contributed by atoms with Crippen LogP contribution in [0.1, 0.15) is 34.6 Å². The number of nitrogens with one attached hydrogen (secondary N) is 3. The van der Waals surface area contributed by atoms with Crippen molar-refractivity contribution in [3.05, 3.63) is 55.6 Å². The molecule has 1 aliphatic rings. The predicted molar refractivity (Wildman–Crippen MR) is 166 cm³/mol. The second-order valence-corrected chi connectivity index (χ2v) is 11.6. The molecular formula is C30H37N7O5S. The van der Waals surface area contributed by atoms with E-state index in [1.807, 2.05) is 31.7 Å². The summed E-state index contributed by atoms with van der Waals surface area (Å²) in [5, 5.41) is 17.8. The van der Waals surface area contributed by atoms with E-state index >= 15 is 0 Å². The fourth-order valence-corrected chi connectivity index (χ4v) is 5.05. The van der Waals surface area contributed by atoms with E-state index in [9.17, 15) is 24.4 Å². The summed E-state index contributed by atoms with van der Waals surface area (Å²) >= 11 is 1.07. The first kappa shape index (κ1) is 32.9. The van der Waals surface area contributed by atoms with Crippen LogP contribution in [0.2, 0.25) is 0 Å². The van der Waals surface area contributed by atoms with E-state index in [4.69, 9.17) is 4.74 Å². The van der Waals surface area contributed by atoms with Gasteiger partial charge in [0.25, 0.3) is 11.5 Å². The molecular weight excluding hydrogens is 570 g/mol. The van der Waals surface area contributed by atoms with Crippen LogP contribution in [0.15, 0.2) is 40.8 Å². The molecule has 0 spiro atoms. The van der Waals surface area contributed by atoms with Crippen molar-refractivity contribution in [3.8, 4) is 6.07 Å². The third-order valence-electron chi connectivity index (χ3n) is 6.09. The summed E-state index contributed by atoms with van der Waals surface area (Å²) in [5.41, 5.74) is 5.87. The van der Waals surface area contributed by atoms with E-state index in [2.05, 4.69) is 27.4 Å². The van der Waals surface area contributed by atoms with Crippen molar-refractivity contribution in [2.24, 2.45) is 0 Å². The summed E-state index contributed by atoms with van der Waals surface area (Å²) in [6.45, 7) is 12.0. The maximum atomic E-state index is 12.8. The molecule has 1 saturated heterocycles. The van der Waals surface area contributed by atoms with E-state index in [1.165, 1.54) is 10.8 Å². The Morgan fingerprint density at radius 1 is 1.12 bits per heavy atom. The average molecular weight is 608 g/mol. The molecule has 0 atom stereocenters. The summed E-state index contributed by atoms with van der Waals surface area (Å²) < 4.78 is 7.47. The summed E-state index contributed by atoms with van der Waals surface area (Å²) in [4.78, 5) is 53.5. The van der Waals surface area contributed by atoms with Gasteiger partial charge in [0.15, 0.2) is 5.57 Å². The first-order valence-corrected chi connectivity index (χ1v) is 14.8. The van der Waals surface area contributed by atoms with Gasteiger partial charge in [-0.2, -0.15) is 5.26 Å². The second kappa shape index (κ2) is 15.0. The van der Waals surface area contributed by atoms with Crippen molar-refractivity contribution in [1.29, 1.82) is 5.26 Å². The molecule has 43 heavy (non-hydrogen) atoms. The van der Waals surface area contributed by atoms with Gasteiger partial charge in [-0.1, -0.05) is 28.9 Å². The number of hydrogen-bond acceptors (Lipinski definition) is 9. The molecule has 0 saturated carbocycles. The van der Waals surface area contributed by atoms with Gasteiger partial charge in [-0.3, -0.25) is 23.9 Å². The Bertz CT molecular complexity index is 1640. The molecule has 3 N–H and O–H groups in total. The summed E-state index contributed by atoms with van der Waals surface area (Å²) in [7, 11) is 0. The molecule has 0 aliphatic carbocycles. The van der Waals surface area contributed by atoms with Crippen molar-refractivity contribution in [1.82, 2.24) is 19.7 Å². The van der Waals surface area contributed by atoms with Gasteiger partial charge in [-0.15, -0.1) is 0 Å². The van der Waals surface area contributed by atoms with Crippen molar-refractivity contribution in [3.63, 3.8) is 0 Å². The van der Waals surface area contributed by atoms with Crippen LogP contribution in [0, 0.1) is 11.3 Å². The van der Waals surface area contributed by atoms with Gasteiger partial charge < -0.3 is 25.6 Å². The number of carbonyl (C=O) groups excluding carboxylic acids is 3. The van der Waals surface area contributed by atoms with Crippen LogP contribution in [0.4, 0.5) is 16.2 Å². The smallest absolute Gasteiger partial charge is 0.410 e. The van der Waals surface area contributed by atoms with Crippen LogP contribution in [0.3, 0.4) is 0 Å². The number of anilines is 2. The number of piperazine rings is 1. The molecule has 0 unspecified atom stereocenters. The summed E-state index contributed by atoms with van der Waals surface area (Å²) in [6.07, 6.45) is 1.14. The number of rotatable bonds is 8. The van der Waals surface area contributed by atoms with Crippen LogP contribution in [-0.2, 0) is 20.9 Å². The minimum Gasteiger partial charge on any atom is -0.444 e. The number of hydrogen-bond donors (Lipinski definition) is 3. The SMILES string of the molecule is CCNC(=O)C(=C=c1sc(=C=CNc2cccc(NC(=O)CN3CCN(C(=O)OC(C)(C)C)CC3)c2)c(=O)n1CC)C#N. The molecule has 0 radical (unpaired) electrons. The molecule has 1 aromatic carbocycles. The van der Waals surface area contributed by atoms with Crippen LogP contribution in [0.5, 0.6) is 0 Å². The predicted octanol–water partition coefficient (Wildman–Crippen LogP) is 1.39. The van der Waals surface area contributed by atoms with E-state index in [-0.39, 0.29) is 34.2 Å². The van der Waals surface area contributed by atoms with Gasteiger partial charge in [0, 0.05) is 56.8 Å². The van der Waals surface area contributed by atoms with Crippen LogP contribution < -0.4 is 30.7 Å². The van der Waals surface area contributed by atoms with Crippen LogP contribution in [-0.4, -0.2) is 77.1 Å². The lowest BCUT2D eigenvalue weighted by Crippen LogP contribution is -2.51. The Hall–Kier alpha value is -4.59. The number of thiazole rings is 1. The number of nitrogens with zero attached hydrogens (tertiary/aromatic N) is 4. The van der Waals surface area contributed by atoms with E-state index in [1.54, 1.807) is 43.0 Å². The minimum atomic E-state index is -0.552. The van der Waals surface area contributed by atoms with Crippen molar-refractivity contribution in [2.75, 3.05) is 49.9 Å². The molecule has 1 fully saturated rings. The molecule has 228 valence electrons. The van der Waals surface area contributed by atoms with E-state index in [0.717, 1.165) is 11.3 Å². The third kappa shape index (κ3) is 9.74. The molecule has 2 aromatic rings. The topological polar surface area (TPSA) is 149 Å². The van der Waals surface area contributed by atoms with Gasteiger partial charge in [-0.25, -0.2) is 4.79 Å². The normalized spacial score (nSPS) is 13.2. The van der Waals surface area contributed by atoms with Crippen molar-refractivity contribution >= 4 is 52.1 Å². The Morgan fingerprint density at radius 3 is 2.44 bits per heavy atom. The standard InChI is InChI=1S/C30H37N7O5S/c1-6-32-27(39)21(19-31)17-26-37(7-2)28(40)24(43-26)11-12-33-22-9-8-10-23(18-22)34-25(38)20-35-13-15-36(16-14-35)29(41)42-30(3,4)5/h8-10,12,18,33H,6-7,13-16,20H2,1-5H3,(H,32,39)(H,34,38). The highest BCUT2D eigenvalue weighted by molar-refractivity contribution is 7.07. The fourth-order valence-electron chi connectivity index (χ4n) is 4.06. The number of amides is 3. The van der Waals surface area contributed by atoms with Gasteiger partial charge in [0.2, 0.25) is 5.91 Å². The number of ether oxygens (including phenoxy) is 1. The monoisotopic (exact) mass is 607 g/mol. The highest BCUT2D eigenvalue weighted by Gasteiger charge is 2.26. The molecule has 0 bridgehead atoms. The van der Waals surface area contributed by atoms with Crippen LogP contribution >= 0.6 is 11.3 Å². The molecule has 12 nitrogen and oxygen atoms in total. The number of aromatic nitrogens is 1. The van der Waals surface area contributed by atoms with Gasteiger partial charge in [0.05, 0.1) is 6.54 Å². The van der Waals surface area contributed by atoms with Crippen molar-refractivity contribution < 1.29 is 19.1 Å². The molecule has 3 amide bonds. The number of nitriles is 1. The zero-order chi connectivity index (χ0) is 31.6.